The van der Waals surface area contributed by atoms with Crippen molar-refractivity contribution in [1.29, 1.82) is 0 Å². The van der Waals surface area contributed by atoms with Crippen LogP contribution < -0.4 is 5.32 Å². The molecule has 4 nitrogen and oxygen atoms in total. The predicted octanol–water partition coefficient (Wildman–Crippen LogP) is 1.59. The van der Waals surface area contributed by atoms with E-state index >= 15 is 0 Å². The van der Waals surface area contributed by atoms with Gasteiger partial charge in [-0.2, -0.15) is 0 Å². The van der Waals surface area contributed by atoms with Crippen LogP contribution in [-0.2, 0) is 16.0 Å². The van der Waals surface area contributed by atoms with E-state index in [1.807, 2.05) is 0 Å². The SMILES string of the molecule is O=C(O)C1CCC(CNCCc2ccc(F)cc2)O1. The van der Waals surface area contributed by atoms with Crippen LogP contribution in [0.2, 0.25) is 0 Å². The van der Waals surface area contributed by atoms with Crippen molar-refractivity contribution in [2.45, 2.75) is 31.5 Å². The van der Waals surface area contributed by atoms with Gasteiger partial charge in [0, 0.05) is 6.54 Å². The number of hydrogen-bond acceptors (Lipinski definition) is 3. The summed E-state index contributed by atoms with van der Waals surface area (Å²) in [7, 11) is 0. The van der Waals surface area contributed by atoms with Gasteiger partial charge in [-0.15, -0.1) is 0 Å². The van der Waals surface area contributed by atoms with Gasteiger partial charge in [0.1, 0.15) is 5.82 Å². The summed E-state index contributed by atoms with van der Waals surface area (Å²) in [5, 5.41) is 12.0. The second-order valence-corrected chi connectivity index (χ2v) is 4.74. The number of carboxylic acid groups (broad SMARTS) is 1. The Morgan fingerprint density at radius 2 is 2.11 bits per heavy atom. The molecule has 104 valence electrons. The van der Waals surface area contributed by atoms with E-state index in [4.69, 9.17) is 9.84 Å². The Morgan fingerprint density at radius 3 is 2.74 bits per heavy atom. The standard InChI is InChI=1S/C14H18FNO3/c15-11-3-1-10(2-4-11)7-8-16-9-12-5-6-13(19-12)14(17)18/h1-4,12-13,16H,5-9H2,(H,17,18). The Morgan fingerprint density at radius 1 is 1.37 bits per heavy atom. The Balaban J connectivity index is 1.62. The van der Waals surface area contributed by atoms with Gasteiger partial charge in [0.25, 0.3) is 0 Å². The second kappa shape index (κ2) is 6.63. The molecule has 0 aliphatic carbocycles. The first-order valence-electron chi connectivity index (χ1n) is 6.48. The van der Waals surface area contributed by atoms with Crippen molar-refractivity contribution in [3.05, 3.63) is 35.6 Å². The lowest BCUT2D eigenvalue weighted by atomic mass is 10.1. The lowest BCUT2D eigenvalue weighted by Crippen LogP contribution is -2.30. The molecule has 0 aromatic heterocycles. The van der Waals surface area contributed by atoms with Crippen molar-refractivity contribution in [3.8, 4) is 0 Å². The molecule has 1 aliphatic heterocycles. The fourth-order valence-electron chi connectivity index (χ4n) is 2.18. The summed E-state index contributed by atoms with van der Waals surface area (Å²) in [6.45, 7) is 1.42. The lowest BCUT2D eigenvalue weighted by molar-refractivity contribution is -0.149. The molecular formula is C14H18FNO3. The summed E-state index contributed by atoms with van der Waals surface area (Å²) in [5.41, 5.74) is 1.07. The van der Waals surface area contributed by atoms with Crippen molar-refractivity contribution in [2.24, 2.45) is 0 Å². The summed E-state index contributed by atoms with van der Waals surface area (Å²) in [4.78, 5) is 10.7. The third kappa shape index (κ3) is 4.29. The summed E-state index contributed by atoms with van der Waals surface area (Å²) >= 11 is 0. The summed E-state index contributed by atoms with van der Waals surface area (Å²) in [5.74, 6) is -1.11. The minimum Gasteiger partial charge on any atom is -0.479 e. The molecule has 0 amide bonds. The third-order valence-corrected chi connectivity index (χ3v) is 3.26. The first-order chi connectivity index (χ1) is 9.15. The number of nitrogens with one attached hydrogen (secondary N) is 1. The molecule has 1 fully saturated rings. The second-order valence-electron chi connectivity index (χ2n) is 4.74. The Hall–Kier alpha value is -1.46. The molecule has 0 saturated carbocycles. The van der Waals surface area contributed by atoms with Crippen molar-refractivity contribution in [3.63, 3.8) is 0 Å². The Bertz CT molecular complexity index is 421. The number of hydrogen-bond donors (Lipinski definition) is 2. The maximum atomic E-state index is 12.7. The number of aliphatic carboxylic acids is 1. The molecule has 19 heavy (non-hydrogen) atoms. The number of carbonyl (C=O) groups is 1. The molecule has 0 bridgehead atoms. The lowest BCUT2D eigenvalue weighted by Gasteiger charge is -2.12. The van der Waals surface area contributed by atoms with E-state index in [0.29, 0.717) is 13.0 Å². The van der Waals surface area contributed by atoms with Gasteiger partial charge in [-0.3, -0.25) is 0 Å². The number of ether oxygens (including phenoxy) is 1. The number of rotatable bonds is 6. The van der Waals surface area contributed by atoms with Crippen LogP contribution in [0.1, 0.15) is 18.4 Å². The zero-order valence-corrected chi connectivity index (χ0v) is 10.6. The molecular weight excluding hydrogens is 249 g/mol. The van der Waals surface area contributed by atoms with Crippen LogP contribution >= 0.6 is 0 Å². The third-order valence-electron chi connectivity index (χ3n) is 3.26. The van der Waals surface area contributed by atoms with Crippen LogP contribution in [-0.4, -0.2) is 36.4 Å². The molecule has 2 unspecified atom stereocenters. The van der Waals surface area contributed by atoms with Crippen molar-refractivity contribution < 1.29 is 19.0 Å². The van der Waals surface area contributed by atoms with E-state index in [1.54, 1.807) is 12.1 Å². The van der Waals surface area contributed by atoms with E-state index in [0.717, 1.165) is 24.9 Å². The highest BCUT2D eigenvalue weighted by Gasteiger charge is 2.29. The molecule has 0 radical (unpaired) electrons. The van der Waals surface area contributed by atoms with Gasteiger partial charge in [0.15, 0.2) is 6.10 Å². The largest absolute Gasteiger partial charge is 0.479 e. The van der Waals surface area contributed by atoms with E-state index in [9.17, 15) is 9.18 Å². The molecule has 1 aliphatic rings. The van der Waals surface area contributed by atoms with Gasteiger partial charge >= 0.3 is 5.97 Å². The summed E-state index contributed by atoms with van der Waals surface area (Å²) in [6, 6.07) is 6.44. The Kier molecular flexibility index (Phi) is 4.87. The zero-order valence-electron chi connectivity index (χ0n) is 10.6. The number of halogens is 1. The van der Waals surface area contributed by atoms with E-state index in [-0.39, 0.29) is 11.9 Å². The van der Waals surface area contributed by atoms with E-state index in [2.05, 4.69) is 5.32 Å². The van der Waals surface area contributed by atoms with E-state index in [1.165, 1.54) is 12.1 Å². The van der Waals surface area contributed by atoms with Crippen LogP contribution in [0.15, 0.2) is 24.3 Å². The minimum atomic E-state index is -0.881. The van der Waals surface area contributed by atoms with E-state index < -0.39 is 12.1 Å². The van der Waals surface area contributed by atoms with Crippen LogP contribution in [0.25, 0.3) is 0 Å². The molecule has 2 N–H and O–H groups in total. The van der Waals surface area contributed by atoms with Crippen LogP contribution in [0.3, 0.4) is 0 Å². The monoisotopic (exact) mass is 267 g/mol. The van der Waals surface area contributed by atoms with Crippen LogP contribution in [0, 0.1) is 5.82 Å². The molecule has 5 heteroatoms. The maximum absolute atomic E-state index is 12.7. The summed E-state index contributed by atoms with van der Waals surface area (Å²) in [6.07, 6.45) is 1.51. The molecule has 1 heterocycles. The molecule has 1 aromatic rings. The molecule has 2 rings (SSSR count). The predicted molar refractivity (Wildman–Crippen MR) is 68.5 cm³/mol. The van der Waals surface area contributed by atoms with Gasteiger partial charge in [0.05, 0.1) is 6.10 Å². The number of benzene rings is 1. The highest BCUT2D eigenvalue weighted by atomic mass is 19.1. The van der Waals surface area contributed by atoms with Crippen LogP contribution in [0.5, 0.6) is 0 Å². The van der Waals surface area contributed by atoms with Gasteiger partial charge in [-0.25, -0.2) is 9.18 Å². The highest BCUT2D eigenvalue weighted by Crippen LogP contribution is 2.19. The zero-order chi connectivity index (χ0) is 13.7. The topological polar surface area (TPSA) is 58.6 Å². The fraction of sp³-hybridized carbons (Fsp3) is 0.500. The van der Waals surface area contributed by atoms with Crippen molar-refractivity contribution in [1.82, 2.24) is 5.32 Å². The minimum absolute atomic E-state index is 0.0192. The quantitative estimate of drug-likeness (QED) is 0.768. The van der Waals surface area contributed by atoms with Gasteiger partial charge in [-0.05, 0) is 43.5 Å². The Labute approximate surface area is 111 Å². The van der Waals surface area contributed by atoms with Gasteiger partial charge in [0.2, 0.25) is 0 Å². The number of carboxylic acids is 1. The van der Waals surface area contributed by atoms with Crippen molar-refractivity contribution in [2.75, 3.05) is 13.1 Å². The fourth-order valence-corrected chi connectivity index (χ4v) is 2.18. The smallest absolute Gasteiger partial charge is 0.332 e. The van der Waals surface area contributed by atoms with Gasteiger partial charge in [-0.1, -0.05) is 12.1 Å². The maximum Gasteiger partial charge on any atom is 0.332 e. The molecule has 1 saturated heterocycles. The van der Waals surface area contributed by atoms with Gasteiger partial charge < -0.3 is 15.2 Å². The normalized spacial score (nSPS) is 22.6. The average molecular weight is 267 g/mol. The highest BCUT2D eigenvalue weighted by molar-refractivity contribution is 5.72. The molecule has 2 atom stereocenters. The van der Waals surface area contributed by atoms with Crippen LogP contribution in [0.4, 0.5) is 4.39 Å². The molecule has 1 aromatic carbocycles. The first kappa shape index (κ1) is 14.0. The molecule has 0 spiro atoms. The summed E-state index contributed by atoms with van der Waals surface area (Å²) < 4.78 is 18.1. The van der Waals surface area contributed by atoms with Crippen molar-refractivity contribution >= 4 is 5.97 Å². The first-order valence-corrected chi connectivity index (χ1v) is 6.48. The average Bonchev–Trinajstić information content (AvgIpc) is 2.86.